The predicted octanol–water partition coefficient (Wildman–Crippen LogP) is 2.32. The molecule has 0 unspecified atom stereocenters. The molecule has 1 aromatic rings. The highest BCUT2D eigenvalue weighted by Crippen LogP contribution is 2.27. The minimum absolute atomic E-state index is 0.454. The fourth-order valence-corrected chi connectivity index (χ4v) is 1.65. The van der Waals surface area contributed by atoms with Gasteiger partial charge in [-0.05, 0) is 18.2 Å². The Kier molecular flexibility index (Phi) is 4.48. The van der Waals surface area contributed by atoms with Gasteiger partial charge in [0.1, 0.15) is 0 Å². The van der Waals surface area contributed by atoms with Gasteiger partial charge in [-0.15, -0.1) is 0 Å². The first-order valence-electron chi connectivity index (χ1n) is 4.13. The molecule has 5 heteroatoms. The first-order valence-corrected chi connectivity index (χ1v) is 4.88. The molecule has 0 radical (unpaired) electrons. The maximum Gasteiger partial charge on any atom is 0.0854 e. The van der Waals surface area contributed by atoms with E-state index in [0.717, 1.165) is 5.69 Å². The van der Waals surface area contributed by atoms with Gasteiger partial charge in [-0.2, -0.15) is 0 Å². The van der Waals surface area contributed by atoms with E-state index in [1.165, 1.54) is 0 Å². The number of benzene rings is 1. The number of likely N-dealkylation sites (N-methyl/N-ethyl adjacent to an activating group) is 1. The van der Waals surface area contributed by atoms with Gasteiger partial charge in [-0.25, -0.2) is 5.90 Å². The van der Waals surface area contributed by atoms with Crippen LogP contribution in [0.3, 0.4) is 0 Å². The van der Waals surface area contributed by atoms with Crippen LogP contribution in [0.25, 0.3) is 0 Å². The predicted molar refractivity (Wildman–Crippen MR) is 59.9 cm³/mol. The third-order valence-electron chi connectivity index (χ3n) is 1.87. The molecule has 3 nitrogen and oxygen atoms in total. The average molecular weight is 235 g/mol. The van der Waals surface area contributed by atoms with Gasteiger partial charge in [0.25, 0.3) is 0 Å². The molecule has 0 atom stereocenters. The first kappa shape index (κ1) is 11.6. The van der Waals surface area contributed by atoms with Crippen molar-refractivity contribution in [2.75, 3.05) is 25.1 Å². The zero-order valence-corrected chi connectivity index (χ0v) is 9.35. The third kappa shape index (κ3) is 3.03. The van der Waals surface area contributed by atoms with E-state index in [4.69, 9.17) is 29.1 Å². The van der Waals surface area contributed by atoms with Gasteiger partial charge in [0.2, 0.25) is 0 Å². The van der Waals surface area contributed by atoms with Gasteiger partial charge in [-0.3, -0.25) is 0 Å². The number of nitrogens with zero attached hydrogens (tertiary/aromatic N) is 1. The molecule has 78 valence electrons. The van der Waals surface area contributed by atoms with Gasteiger partial charge >= 0.3 is 0 Å². The van der Waals surface area contributed by atoms with Crippen LogP contribution in [-0.4, -0.2) is 20.2 Å². The van der Waals surface area contributed by atoms with Crippen molar-refractivity contribution in [2.24, 2.45) is 5.90 Å². The van der Waals surface area contributed by atoms with Crippen LogP contribution in [0, 0.1) is 0 Å². The zero-order chi connectivity index (χ0) is 10.6. The van der Waals surface area contributed by atoms with Crippen molar-refractivity contribution < 1.29 is 4.84 Å². The second-order valence-electron chi connectivity index (χ2n) is 2.89. The van der Waals surface area contributed by atoms with Crippen molar-refractivity contribution in [3.8, 4) is 0 Å². The summed E-state index contributed by atoms with van der Waals surface area (Å²) in [5.41, 5.74) is 0.910. The highest BCUT2D eigenvalue weighted by Gasteiger charge is 2.05. The van der Waals surface area contributed by atoms with E-state index in [9.17, 15) is 0 Å². The van der Waals surface area contributed by atoms with E-state index in [-0.39, 0.29) is 0 Å². The van der Waals surface area contributed by atoms with Crippen molar-refractivity contribution in [3.63, 3.8) is 0 Å². The lowest BCUT2D eigenvalue weighted by molar-refractivity contribution is 0.145. The number of halogens is 2. The molecular formula is C9H12Cl2N2O. The minimum Gasteiger partial charge on any atom is -0.371 e. The van der Waals surface area contributed by atoms with Crippen LogP contribution in [0.2, 0.25) is 10.0 Å². The second-order valence-corrected chi connectivity index (χ2v) is 3.73. The fraction of sp³-hybridized carbons (Fsp3) is 0.333. The van der Waals surface area contributed by atoms with E-state index < -0.39 is 0 Å². The molecule has 1 aromatic carbocycles. The number of anilines is 1. The molecular weight excluding hydrogens is 223 g/mol. The van der Waals surface area contributed by atoms with Gasteiger partial charge in [0.15, 0.2) is 0 Å². The largest absolute Gasteiger partial charge is 0.371 e. The van der Waals surface area contributed by atoms with E-state index >= 15 is 0 Å². The lowest BCUT2D eigenvalue weighted by atomic mass is 10.3. The topological polar surface area (TPSA) is 38.5 Å². The number of hydrogen-bond acceptors (Lipinski definition) is 3. The van der Waals surface area contributed by atoms with Gasteiger partial charge < -0.3 is 9.74 Å². The van der Waals surface area contributed by atoms with Crippen LogP contribution in [0.15, 0.2) is 18.2 Å². The van der Waals surface area contributed by atoms with E-state index in [2.05, 4.69) is 4.84 Å². The van der Waals surface area contributed by atoms with E-state index in [0.29, 0.717) is 23.2 Å². The van der Waals surface area contributed by atoms with Gasteiger partial charge in [-0.1, -0.05) is 23.2 Å². The number of nitrogens with two attached hydrogens (primary N) is 1. The Morgan fingerprint density at radius 3 is 2.71 bits per heavy atom. The molecule has 0 spiro atoms. The summed E-state index contributed by atoms with van der Waals surface area (Å²) < 4.78 is 0. The van der Waals surface area contributed by atoms with Crippen molar-refractivity contribution in [1.29, 1.82) is 0 Å². The van der Waals surface area contributed by atoms with Crippen LogP contribution < -0.4 is 10.8 Å². The van der Waals surface area contributed by atoms with Crippen LogP contribution in [0.1, 0.15) is 0 Å². The highest BCUT2D eigenvalue weighted by molar-refractivity contribution is 6.36. The maximum atomic E-state index is 6.01. The van der Waals surface area contributed by atoms with E-state index in [1.807, 2.05) is 18.0 Å². The molecule has 0 bridgehead atoms. The van der Waals surface area contributed by atoms with Crippen molar-refractivity contribution in [1.82, 2.24) is 0 Å². The summed E-state index contributed by atoms with van der Waals surface area (Å²) in [7, 11) is 1.91. The molecule has 0 heterocycles. The summed E-state index contributed by atoms with van der Waals surface area (Å²) in [6.07, 6.45) is 0. The molecule has 14 heavy (non-hydrogen) atoms. The summed E-state index contributed by atoms with van der Waals surface area (Å²) in [4.78, 5) is 6.44. The zero-order valence-electron chi connectivity index (χ0n) is 7.84. The average Bonchev–Trinajstić information content (AvgIpc) is 2.14. The molecule has 0 aliphatic rings. The Bertz CT molecular complexity index is 307. The standard InChI is InChI=1S/C9H12Cl2N2O/c1-13(4-5-14-12)9-3-2-7(10)6-8(9)11/h2-3,6H,4-5,12H2,1H3. The van der Waals surface area contributed by atoms with Crippen LogP contribution >= 0.6 is 23.2 Å². The van der Waals surface area contributed by atoms with Gasteiger partial charge in [0.05, 0.1) is 17.3 Å². The summed E-state index contributed by atoms with van der Waals surface area (Å²) in [6.45, 7) is 1.13. The Hall–Kier alpha value is -0.480. The Morgan fingerprint density at radius 1 is 1.43 bits per heavy atom. The third-order valence-corrected chi connectivity index (χ3v) is 2.40. The molecule has 0 aromatic heterocycles. The van der Waals surface area contributed by atoms with Crippen LogP contribution in [0.4, 0.5) is 5.69 Å². The Labute approximate surface area is 93.3 Å². The maximum absolute atomic E-state index is 6.01. The Morgan fingerprint density at radius 2 is 2.14 bits per heavy atom. The molecule has 0 saturated carbocycles. The first-order chi connectivity index (χ1) is 6.65. The highest BCUT2D eigenvalue weighted by atomic mass is 35.5. The summed E-state index contributed by atoms with van der Waals surface area (Å²) in [5, 5.41) is 1.25. The van der Waals surface area contributed by atoms with E-state index in [1.54, 1.807) is 12.1 Å². The number of hydrogen-bond donors (Lipinski definition) is 1. The SMILES string of the molecule is CN(CCON)c1ccc(Cl)cc1Cl. The lowest BCUT2D eigenvalue weighted by Crippen LogP contribution is -2.23. The summed E-state index contributed by atoms with van der Waals surface area (Å²) in [6, 6.07) is 5.36. The molecule has 2 N–H and O–H groups in total. The monoisotopic (exact) mass is 234 g/mol. The van der Waals surface area contributed by atoms with Crippen molar-refractivity contribution in [2.45, 2.75) is 0 Å². The minimum atomic E-state index is 0.454. The summed E-state index contributed by atoms with van der Waals surface area (Å²) in [5.74, 6) is 4.94. The van der Waals surface area contributed by atoms with Crippen LogP contribution in [-0.2, 0) is 4.84 Å². The van der Waals surface area contributed by atoms with Crippen molar-refractivity contribution >= 4 is 28.9 Å². The molecule has 0 fully saturated rings. The molecule has 0 aliphatic heterocycles. The molecule has 0 amide bonds. The molecule has 1 rings (SSSR count). The normalized spacial score (nSPS) is 10.3. The Balaban J connectivity index is 2.74. The van der Waals surface area contributed by atoms with Crippen molar-refractivity contribution in [3.05, 3.63) is 28.2 Å². The van der Waals surface area contributed by atoms with Crippen LogP contribution in [0.5, 0.6) is 0 Å². The summed E-state index contributed by atoms with van der Waals surface area (Å²) >= 11 is 11.8. The second kappa shape index (κ2) is 5.41. The van der Waals surface area contributed by atoms with Gasteiger partial charge in [0, 0.05) is 18.6 Å². The molecule has 0 aliphatic carbocycles. The lowest BCUT2D eigenvalue weighted by Gasteiger charge is -2.19. The number of rotatable bonds is 4. The fourth-order valence-electron chi connectivity index (χ4n) is 1.10. The smallest absolute Gasteiger partial charge is 0.0854 e. The quantitative estimate of drug-likeness (QED) is 0.814. The molecule has 0 saturated heterocycles.